The molecule has 0 atom stereocenters. The van der Waals surface area contributed by atoms with Crippen LogP contribution in [0.1, 0.15) is 105 Å². The fourth-order valence-corrected chi connectivity index (χ4v) is 2.62. The second-order valence-corrected chi connectivity index (χ2v) is 7.29. The molecule has 0 aromatic heterocycles. The van der Waals surface area contributed by atoms with Gasteiger partial charge in [0.15, 0.2) is 0 Å². The van der Waals surface area contributed by atoms with Crippen LogP contribution < -0.4 is 5.32 Å². The lowest BCUT2D eigenvalue weighted by Crippen LogP contribution is -2.12. The Hall–Kier alpha value is -0.600. The number of unbranched alkanes of at least 4 members (excludes halogenated alkanes) is 7. The van der Waals surface area contributed by atoms with E-state index in [0.29, 0.717) is 0 Å². The van der Waals surface area contributed by atoms with E-state index in [4.69, 9.17) is 0 Å². The fourth-order valence-electron chi connectivity index (χ4n) is 2.17. The number of rotatable bonds is 11. The van der Waals surface area contributed by atoms with E-state index in [0.717, 1.165) is 17.6 Å². The highest BCUT2D eigenvalue weighted by molar-refractivity contribution is 9.10. The van der Waals surface area contributed by atoms with Crippen molar-refractivity contribution in [1.82, 2.24) is 5.32 Å². The first-order valence-electron chi connectivity index (χ1n) is 11.2. The van der Waals surface area contributed by atoms with Crippen molar-refractivity contribution in [2.75, 3.05) is 6.54 Å². The topological polar surface area (TPSA) is 12.0 Å². The predicted octanol–water partition coefficient (Wildman–Crippen LogP) is 9.31. The molecule has 0 heterocycles. The highest BCUT2D eigenvalue weighted by Gasteiger charge is 1.91. The molecule has 0 aliphatic carbocycles. The summed E-state index contributed by atoms with van der Waals surface area (Å²) in [5, 5.41) is 3.24. The number of benzene rings is 1. The van der Waals surface area contributed by atoms with Crippen molar-refractivity contribution < 1.29 is 0 Å². The molecule has 1 N–H and O–H groups in total. The normalized spacial score (nSPS) is 9.00. The molecule has 160 valence electrons. The summed E-state index contributed by atoms with van der Waals surface area (Å²) in [5.74, 6) is 0. The Bertz CT molecular complexity index is 368. The Labute approximate surface area is 180 Å². The number of nitrogens with one attached hydrogen (secondary N) is 1. The van der Waals surface area contributed by atoms with E-state index in [-0.39, 0.29) is 0 Å². The lowest BCUT2D eigenvalue weighted by molar-refractivity contribution is 0.585. The first kappa shape index (κ1) is 31.1. The van der Waals surface area contributed by atoms with Crippen molar-refractivity contribution in [3.05, 3.63) is 47.0 Å². The summed E-state index contributed by atoms with van der Waals surface area (Å²) in [6, 6.07) is 8.27. The third kappa shape index (κ3) is 30.4. The number of halogens is 1. The van der Waals surface area contributed by atoms with Crippen molar-refractivity contribution in [3.63, 3.8) is 0 Å². The molecule has 0 unspecified atom stereocenters. The zero-order valence-corrected chi connectivity index (χ0v) is 20.8. The van der Waals surface area contributed by atoms with E-state index < -0.39 is 0 Å². The molecule has 27 heavy (non-hydrogen) atoms. The second kappa shape index (κ2) is 30.1. The van der Waals surface area contributed by atoms with Gasteiger partial charge in [0.25, 0.3) is 0 Å². The van der Waals surface area contributed by atoms with Crippen molar-refractivity contribution >= 4 is 15.9 Å². The van der Waals surface area contributed by atoms with Gasteiger partial charge in [-0.25, -0.2) is 0 Å². The van der Waals surface area contributed by atoms with E-state index in [9.17, 15) is 0 Å². The monoisotopic (exact) mass is 441 g/mol. The van der Waals surface area contributed by atoms with Gasteiger partial charge in [0.1, 0.15) is 0 Å². The standard InChI is InChI=1S/C10H12BrN.C10H22.C3H8.C2H6/c1-2-6-12-8-9-4-3-5-10(11)7-9;1-3-5-7-9-10-8-6-4-2;1-3-2;1-2/h2-5,7,12H,1,6,8H2;3-10H2,1-2H3;3H2,1-2H3;1-2H3. The van der Waals surface area contributed by atoms with Gasteiger partial charge in [-0.05, 0) is 17.7 Å². The Kier molecular flexibility index (Phi) is 34.7. The molecule has 1 nitrogen and oxygen atoms in total. The fraction of sp³-hybridized carbons (Fsp3) is 0.680. The molecule has 1 aromatic carbocycles. The Morgan fingerprint density at radius 2 is 1.37 bits per heavy atom. The third-order valence-electron chi connectivity index (χ3n) is 3.46. The molecule has 0 aliphatic rings. The summed E-state index contributed by atoms with van der Waals surface area (Å²) in [6.45, 7) is 18.2. The maximum Gasteiger partial charge on any atom is 0.0208 e. The second-order valence-electron chi connectivity index (χ2n) is 6.38. The predicted molar refractivity (Wildman–Crippen MR) is 132 cm³/mol. The lowest BCUT2D eigenvalue weighted by Gasteiger charge is -2.01. The van der Waals surface area contributed by atoms with E-state index in [1.807, 2.05) is 32.1 Å². The van der Waals surface area contributed by atoms with Crippen LogP contribution in [0.4, 0.5) is 0 Å². The molecule has 0 saturated heterocycles. The van der Waals surface area contributed by atoms with Crippen LogP contribution in [0.5, 0.6) is 0 Å². The van der Waals surface area contributed by atoms with Crippen LogP contribution in [-0.2, 0) is 6.54 Å². The molecule has 0 amide bonds. The first-order valence-corrected chi connectivity index (χ1v) is 12.0. The quantitative estimate of drug-likeness (QED) is 0.266. The van der Waals surface area contributed by atoms with Gasteiger partial charge in [0, 0.05) is 17.6 Å². The Morgan fingerprint density at radius 1 is 0.889 bits per heavy atom. The average molecular weight is 443 g/mol. The smallest absolute Gasteiger partial charge is 0.0208 e. The van der Waals surface area contributed by atoms with Gasteiger partial charge in [-0.1, -0.05) is 133 Å². The van der Waals surface area contributed by atoms with E-state index >= 15 is 0 Å². The van der Waals surface area contributed by atoms with Gasteiger partial charge < -0.3 is 5.32 Å². The zero-order valence-electron chi connectivity index (χ0n) is 19.2. The van der Waals surface area contributed by atoms with Crippen molar-refractivity contribution in [1.29, 1.82) is 0 Å². The molecule has 1 rings (SSSR count). The summed E-state index contributed by atoms with van der Waals surface area (Å²) in [4.78, 5) is 0. The molecular formula is C25H48BrN. The number of hydrogen-bond acceptors (Lipinski definition) is 1. The van der Waals surface area contributed by atoms with E-state index in [2.05, 4.69) is 67.7 Å². The molecule has 0 fully saturated rings. The van der Waals surface area contributed by atoms with Gasteiger partial charge in [0.05, 0.1) is 0 Å². The Balaban J connectivity index is -0.000000349. The minimum atomic E-state index is 0.854. The average Bonchev–Trinajstić information content (AvgIpc) is 2.68. The summed E-state index contributed by atoms with van der Waals surface area (Å²) in [5.41, 5.74) is 1.28. The summed E-state index contributed by atoms with van der Waals surface area (Å²) in [6.07, 6.45) is 14.6. The van der Waals surface area contributed by atoms with Gasteiger partial charge in [-0.2, -0.15) is 0 Å². The number of hydrogen-bond donors (Lipinski definition) is 1. The van der Waals surface area contributed by atoms with E-state index in [1.54, 1.807) is 0 Å². The maximum atomic E-state index is 3.64. The molecule has 0 bridgehead atoms. The van der Waals surface area contributed by atoms with Crippen LogP contribution in [-0.4, -0.2) is 6.54 Å². The SMILES string of the molecule is C=CCNCc1cccc(Br)c1.CC.CCC.CCCCCCCCCC. The molecule has 1 aromatic rings. The molecule has 0 spiro atoms. The van der Waals surface area contributed by atoms with Gasteiger partial charge in [-0.3, -0.25) is 0 Å². The van der Waals surface area contributed by atoms with Gasteiger partial charge in [0.2, 0.25) is 0 Å². The minimum Gasteiger partial charge on any atom is -0.309 e. The molecule has 2 heteroatoms. The minimum absolute atomic E-state index is 0.854. The van der Waals surface area contributed by atoms with Crippen molar-refractivity contribution in [2.24, 2.45) is 0 Å². The molecule has 0 saturated carbocycles. The largest absolute Gasteiger partial charge is 0.309 e. The highest BCUT2D eigenvalue weighted by atomic mass is 79.9. The summed E-state index contributed by atoms with van der Waals surface area (Å²) in [7, 11) is 0. The first-order chi connectivity index (χ1) is 13.2. The Morgan fingerprint density at radius 3 is 1.78 bits per heavy atom. The van der Waals surface area contributed by atoms with Gasteiger partial charge >= 0.3 is 0 Å². The summed E-state index contributed by atoms with van der Waals surface area (Å²) < 4.78 is 1.13. The lowest BCUT2D eigenvalue weighted by atomic mass is 10.1. The van der Waals surface area contributed by atoms with Crippen LogP contribution >= 0.6 is 15.9 Å². The van der Waals surface area contributed by atoms with Crippen molar-refractivity contribution in [3.8, 4) is 0 Å². The van der Waals surface area contributed by atoms with E-state index in [1.165, 1.54) is 63.4 Å². The summed E-state index contributed by atoms with van der Waals surface area (Å²) >= 11 is 3.42. The third-order valence-corrected chi connectivity index (χ3v) is 3.96. The molecule has 0 radical (unpaired) electrons. The zero-order chi connectivity index (χ0) is 21.2. The molecular weight excluding hydrogens is 394 g/mol. The van der Waals surface area contributed by atoms with Crippen LogP contribution in [0.3, 0.4) is 0 Å². The van der Waals surface area contributed by atoms with Crippen molar-refractivity contribution in [2.45, 2.75) is 106 Å². The highest BCUT2D eigenvalue weighted by Crippen LogP contribution is 2.11. The molecule has 0 aliphatic heterocycles. The maximum absolute atomic E-state index is 3.64. The van der Waals surface area contributed by atoms with Crippen LogP contribution in [0, 0.1) is 0 Å². The van der Waals surface area contributed by atoms with Crippen LogP contribution in [0.2, 0.25) is 0 Å². The van der Waals surface area contributed by atoms with Gasteiger partial charge in [-0.15, -0.1) is 6.58 Å². The van der Waals surface area contributed by atoms with Crippen LogP contribution in [0.25, 0.3) is 0 Å². The van der Waals surface area contributed by atoms with Crippen LogP contribution in [0.15, 0.2) is 41.4 Å².